The van der Waals surface area contributed by atoms with Gasteiger partial charge in [0.1, 0.15) is 6.54 Å². The zero-order valence-corrected chi connectivity index (χ0v) is 19.7. The largest absolute Gasteiger partial charge is 0.462 e. The minimum absolute atomic E-state index is 0.0140. The van der Waals surface area contributed by atoms with E-state index in [-0.39, 0.29) is 22.8 Å². The number of ether oxygens (including phenoxy) is 1. The fraction of sp³-hybridized carbons (Fsp3) is 0.300. The van der Waals surface area contributed by atoms with E-state index in [0.717, 1.165) is 14.9 Å². The van der Waals surface area contributed by atoms with Crippen LogP contribution in [0, 0.1) is 0 Å². The summed E-state index contributed by atoms with van der Waals surface area (Å²) in [6, 6.07) is 11.2. The Morgan fingerprint density at radius 3 is 2.16 bits per heavy atom. The molecule has 0 fully saturated rings. The summed E-state index contributed by atoms with van der Waals surface area (Å²) in [4.78, 5) is 24.4. The quantitative estimate of drug-likeness (QED) is 0.535. The Labute approximate surface area is 187 Å². The van der Waals surface area contributed by atoms with Crippen LogP contribution < -0.4 is 9.62 Å². The Morgan fingerprint density at radius 1 is 1.00 bits per heavy atom. The third-order valence-corrected chi connectivity index (χ3v) is 7.22. The van der Waals surface area contributed by atoms with Gasteiger partial charge >= 0.3 is 5.97 Å². The first kappa shape index (κ1) is 25.3. The molecule has 0 atom stereocenters. The maximum absolute atomic E-state index is 12.5. The number of hydrogen-bond acceptors (Lipinski definition) is 7. The van der Waals surface area contributed by atoms with Gasteiger partial charge in [-0.2, -0.15) is 0 Å². The molecular formula is C20H25N3O7S2. The minimum Gasteiger partial charge on any atom is -0.462 e. The fourth-order valence-corrected chi connectivity index (χ4v) is 4.42. The van der Waals surface area contributed by atoms with Crippen LogP contribution in [0.25, 0.3) is 0 Å². The zero-order valence-electron chi connectivity index (χ0n) is 18.1. The molecule has 0 saturated heterocycles. The number of carbonyl (C=O) groups is 2. The topological polar surface area (TPSA) is 130 Å². The molecule has 0 aromatic heterocycles. The number of anilines is 2. The maximum Gasteiger partial charge on any atom is 0.338 e. The lowest BCUT2D eigenvalue weighted by Gasteiger charge is -2.22. The number of esters is 1. The molecule has 12 heteroatoms. The van der Waals surface area contributed by atoms with E-state index in [0.29, 0.717) is 5.69 Å². The summed E-state index contributed by atoms with van der Waals surface area (Å²) in [5.41, 5.74) is 0.657. The van der Waals surface area contributed by atoms with Crippen LogP contribution in [0.4, 0.5) is 11.4 Å². The Kier molecular flexibility index (Phi) is 7.99. The molecule has 0 aliphatic heterocycles. The van der Waals surface area contributed by atoms with Crippen molar-refractivity contribution < 1.29 is 31.2 Å². The lowest BCUT2D eigenvalue weighted by molar-refractivity contribution is -0.114. The summed E-state index contributed by atoms with van der Waals surface area (Å²) in [7, 11) is -4.78. The molecule has 0 spiro atoms. The van der Waals surface area contributed by atoms with Crippen molar-refractivity contribution in [2.75, 3.05) is 43.1 Å². The lowest BCUT2D eigenvalue weighted by Crippen LogP contribution is -2.37. The van der Waals surface area contributed by atoms with E-state index in [1.807, 2.05) is 0 Å². The zero-order chi connectivity index (χ0) is 24.1. The average molecular weight is 484 g/mol. The first-order valence-corrected chi connectivity index (χ1v) is 12.7. The molecular weight excluding hydrogens is 458 g/mol. The van der Waals surface area contributed by atoms with E-state index >= 15 is 0 Å². The molecule has 2 aromatic rings. The van der Waals surface area contributed by atoms with E-state index in [2.05, 4.69) is 5.32 Å². The highest BCUT2D eigenvalue weighted by molar-refractivity contribution is 7.92. The van der Waals surface area contributed by atoms with Crippen LogP contribution in [0.15, 0.2) is 53.4 Å². The summed E-state index contributed by atoms with van der Waals surface area (Å²) in [5.74, 6) is -1.20. The van der Waals surface area contributed by atoms with Crippen LogP contribution in [-0.2, 0) is 29.6 Å². The van der Waals surface area contributed by atoms with Crippen LogP contribution in [0.1, 0.15) is 17.3 Å². The van der Waals surface area contributed by atoms with E-state index in [9.17, 15) is 26.4 Å². The second-order valence-electron chi connectivity index (χ2n) is 6.90. The predicted molar refractivity (Wildman–Crippen MR) is 121 cm³/mol. The van der Waals surface area contributed by atoms with Crippen molar-refractivity contribution >= 4 is 43.3 Å². The van der Waals surface area contributed by atoms with Crippen LogP contribution >= 0.6 is 0 Å². The molecule has 0 unspecified atom stereocenters. The summed E-state index contributed by atoms with van der Waals surface area (Å²) >= 11 is 0. The number of benzene rings is 2. The predicted octanol–water partition coefficient (Wildman–Crippen LogP) is 1.52. The molecule has 32 heavy (non-hydrogen) atoms. The standard InChI is InChI=1S/C20H25N3O7S2/c1-5-30-20(25)15-7-6-8-16(13-15)21-19(24)14-23(31(4,26)27)17-9-11-18(12-10-17)32(28,29)22(2)3/h6-13H,5,14H2,1-4H3,(H,21,24). The molecule has 0 saturated carbocycles. The molecule has 0 aliphatic carbocycles. The Morgan fingerprint density at radius 2 is 1.62 bits per heavy atom. The van der Waals surface area contributed by atoms with Gasteiger partial charge in [0.05, 0.1) is 29.0 Å². The molecule has 174 valence electrons. The number of carbonyl (C=O) groups excluding carboxylic acids is 2. The van der Waals surface area contributed by atoms with Gasteiger partial charge in [-0.15, -0.1) is 0 Å². The van der Waals surface area contributed by atoms with Crippen molar-refractivity contribution in [2.24, 2.45) is 0 Å². The van der Waals surface area contributed by atoms with Gasteiger partial charge in [-0.25, -0.2) is 25.9 Å². The van der Waals surface area contributed by atoms with Crippen molar-refractivity contribution in [3.63, 3.8) is 0 Å². The summed E-state index contributed by atoms with van der Waals surface area (Å²) in [6.07, 6.45) is 0.937. The van der Waals surface area contributed by atoms with Crippen molar-refractivity contribution in [2.45, 2.75) is 11.8 Å². The molecule has 1 amide bonds. The Hall–Kier alpha value is -2.96. The highest BCUT2D eigenvalue weighted by Gasteiger charge is 2.23. The van der Waals surface area contributed by atoms with Gasteiger partial charge in [0, 0.05) is 19.8 Å². The smallest absolute Gasteiger partial charge is 0.338 e. The summed E-state index contributed by atoms with van der Waals surface area (Å²) in [5, 5.41) is 2.55. The van der Waals surface area contributed by atoms with Crippen LogP contribution in [-0.4, -0.2) is 66.5 Å². The monoisotopic (exact) mass is 483 g/mol. The number of amides is 1. The molecule has 0 aliphatic rings. The van der Waals surface area contributed by atoms with E-state index in [4.69, 9.17) is 4.74 Å². The van der Waals surface area contributed by atoms with E-state index in [1.165, 1.54) is 50.5 Å². The number of nitrogens with zero attached hydrogens (tertiary/aromatic N) is 2. The number of rotatable bonds is 9. The third-order valence-electron chi connectivity index (χ3n) is 4.25. The van der Waals surface area contributed by atoms with Crippen molar-refractivity contribution in [1.82, 2.24) is 4.31 Å². The number of hydrogen-bond donors (Lipinski definition) is 1. The van der Waals surface area contributed by atoms with E-state index < -0.39 is 38.5 Å². The van der Waals surface area contributed by atoms with Gasteiger partial charge in [-0.3, -0.25) is 9.10 Å². The lowest BCUT2D eigenvalue weighted by atomic mass is 10.2. The van der Waals surface area contributed by atoms with Gasteiger partial charge in [-0.05, 0) is 49.4 Å². The normalized spacial score (nSPS) is 11.8. The summed E-state index contributed by atoms with van der Waals surface area (Å²) < 4.78 is 55.8. The second kappa shape index (κ2) is 10.1. The van der Waals surface area contributed by atoms with Gasteiger partial charge in [0.25, 0.3) is 0 Å². The highest BCUT2D eigenvalue weighted by atomic mass is 32.2. The number of nitrogens with one attached hydrogen (secondary N) is 1. The first-order chi connectivity index (χ1) is 14.9. The number of sulfonamides is 2. The van der Waals surface area contributed by atoms with Gasteiger partial charge in [-0.1, -0.05) is 6.07 Å². The average Bonchev–Trinajstić information content (AvgIpc) is 2.71. The van der Waals surface area contributed by atoms with Crippen LogP contribution in [0.2, 0.25) is 0 Å². The van der Waals surface area contributed by atoms with Crippen molar-refractivity contribution in [3.05, 3.63) is 54.1 Å². The SMILES string of the molecule is CCOC(=O)c1cccc(NC(=O)CN(c2ccc(S(=O)(=O)N(C)C)cc2)S(C)(=O)=O)c1. The van der Waals surface area contributed by atoms with Gasteiger partial charge in [0.15, 0.2) is 0 Å². The molecule has 2 aromatic carbocycles. The molecule has 0 radical (unpaired) electrons. The molecule has 0 bridgehead atoms. The minimum atomic E-state index is -3.86. The van der Waals surface area contributed by atoms with E-state index in [1.54, 1.807) is 19.1 Å². The Balaban J connectivity index is 2.23. The highest BCUT2D eigenvalue weighted by Crippen LogP contribution is 2.22. The maximum atomic E-state index is 12.5. The van der Waals surface area contributed by atoms with Crippen LogP contribution in [0.3, 0.4) is 0 Å². The first-order valence-electron chi connectivity index (χ1n) is 9.43. The van der Waals surface area contributed by atoms with Crippen molar-refractivity contribution in [3.8, 4) is 0 Å². The second-order valence-corrected chi connectivity index (χ2v) is 11.0. The van der Waals surface area contributed by atoms with Gasteiger partial charge in [0.2, 0.25) is 26.0 Å². The molecule has 1 N–H and O–H groups in total. The molecule has 10 nitrogen and oxygen atoms in total. The fourth-order valence-electron chi connectivity index (χ4n) is 2.66. The van der Waals surface area contributed by atoms with Crippen molar-refractivity contribution in [1.29, 1.82) is 0 Å². The molecule has 0 heterocycles. The van der Waals surface area contributed by atoms with Crippen LogP contribution in [0.5, 0.6) is 0 Å². The Bertz CT molecular complexity index is 1190. The van der Waals surface area contributed by atoms with Gasteiger partial charge < -0.3 is 10.1 Å². The third kappa shape index (κ3) is 6.28. The molecule has 2 rings (SSSR count). The summed E-state index contributed by atoms with van der Waals surface area (Å²) in [6.45, 7) is 1.32.